The molecule has 0 aliphatic carbocycles. The van der Waals surface area contributed by atoms with E-state index < -0.39 is 15.8 Å². The van der Waals surface area contributed by atoms with Crippen LogP contribution in [-0.4, -0.2) is 15.0 Å². The number of halogens is 2. The summed E-state index contributed by atoms with van der Waals surface area (Å²) < 4.78 is 39.5. The second kappa shape index (κ2) is 5.81. The molecule has 0 heterocycles. The summed E-state index contributed by atoms with van der Waals surface area (Å²) in [4.78, 5) is 0.183. The fraction of sp³-hybridized carbons (Fsp3) is 0.143. The third kappa shape index (κ3) is 2.78. The van der Waals surface area contributed by atoms with E-state index in [2.05, 4.69) is 0 Å². The summed E-state index contributed by atoms with van der Waals surface area (Å²) in [5.74, 6) is -0.580. The molecule has 0 aromatic heterocycles. The van der Waals surface area contributed by atoms with Gasteiger partial charge in [-0.05, 0) is 37.3 Å². The zero-order chi connectivity index (χ0) is 14.8. The van der Waals surface area contributed by atoms with Crippen molar-refractivity contribution in [3.63, 3.8) is 0 Å². The predicted molar refractivity (Wildman–Crippen MR) is 78.1 cm³/mol. The average Bonchev–Trinajstić information content (AvgIpc) is 2.44. The van der Waals surface area contributed by atoms with Crippen LogP contribution < -0.4 is 4.31 Å². The minimum Gasteiger partial charge on any atom is -0.267 e. The molecule has 0 aliphatic rings. The standard InChI is InChI=1S/C14H13ClFNO2S/c1-2-17(11-8-9-14(16)13(15)10-11)20(18,19)12-6-4-3-5-7-12/h3-10H,2H2,1H3. The van der Waals surface area contributed by atoms with Crippen molar-refractivity contribution in [2.24, 2.45) is 0 Å². The van der Waals surface area contributed by atoms with Crippen LogP contribution >= 0.6 is 11.6 Å². The number of nitrogens with zero attached hydrogens (tertiary/aromatic N) is 1. The molecule has 0 saturated carbocycles. The van der Waals surface area contributed by atoms with E-state index in [1.807, 2.05) is 0 Å². The molecular formula is C14H13ClFNO2S. The lowest BCUT2D eigenvalue weighted by Gasteiger charge is -2.23. The minimum absolute atomic E-state index is 0.107. The van der Waals surface area contributed by atoms with Gasteiger partial charge in [0.25, 0.3) is 10.0 Å². The van der Waals surface area contributed by atoms with Crippen LogP contribution in [0.25, 0.3) is 0 Å². The number of hydrogen-bond donors (Lipinski definition) is 0. The van der Waals surface area contributed by atoms with Crippen LogP contribution in [0.1, 0.15) is 6.92 Å². The smallest absolute Gasteiger partial charge is 0.264 e. The van der Waals surface area contributed by atoms with Gasteiger partial charge in [0.05, 0.1) is 15.6 Å². The molecule has 0 spiro atoms. The highest BCUT2D eigenvalue weighted by molar-refractivity contribution is 7.92. The van der Waals surface area contributed by atoms with Crippen molar-refractivity contribution in [3.05, 3.63) is 59.4 Å². The Bertz CT molecular complexity index is 704. The van der Waals surface area contributed by atoms with Crippen LogP contribution in [0.3, 0.4) is 0 Å². The molecule has 0 bridgehead atoms. The van der Waals surface area contributed by atoms with Crippen molar-refractivity contribution in [1.82, 2.24) is 0 Å². The number of sulfonamides is 1. The molecule has 0 atom stereocenters. The number of benzene rings is 2. The third-order valence-corrected chi connectivity index (χ3v) is 5.02. The molecule has 0 fully saturated rings. The molecule has 3 nitrogen and oxygen atoms in total. The Kier molecular flexibility index (Phi) is 4.30. The Balaban J connectivity index is 2.49. The maximum Gasteiger partial charge on any atom is 0.264 e. The zero-order valence-corrected chi connectivity index (χ0v) is 12.3. The molecule has 0 radical (unpaired) electrons. The van der Waals surface area contributed by atoms with Gasteiger partial charge in [-0.2, -0.15) is 0 Å². The Morgan fingerprint density at radius 2 is 1.80 bits per heavy atom. The summed E-state index contributed by atoms with van der Waals surface area (Å²) in [7, 11) is -3.68. The lowest BCUT2D eigenvalue weighted by atomic mass is 10.3. The fourth-order valence-electron chi connectivity index (χ4n) is 1.85. The Morgan fingerprint density at radius 1 is 1.15 bits per heavy atom. The third-order valence-electron chi connectivity index (χ3n) is 2.81. The summed E-state index contributed by atoms with van der Waals surface area (Å²) >= 11 is 5.71. The van der Waals surface area contributed by atoms with E-state index in [4.69, 9.17) is 11.6 Å². The van der Waals surface area contributed by atoms with E-state index >= 15 is 0 Å². The van der Waals surface area contributed by atoms with Gasteiger partial charge in [-0.1, -0.05) is 29.8 Å². The molecule has 0 N–H and O–H groups in total. The molecule has 2 aromatic rings. The largest absolute Gasteiger partial charge is 0.267 e. The van der Waals surface area contributed by atoms with Gasteiger partial charge in [0, 0.05) is 6.54 Å². The molecule has 0 aliphatic heterocycles. The van der Waals surface area contributed by atoms with Crippen molar-refractivity contribution in [2.45, 2.75) is 11.8 Å². The highest BCUT2D eigenvalue weighted by Gasteiger charge is 2.23. The maximum atomic E-state index is 13.2. The summed E-state index contributed by atoms with van der Waals surface area (Å²) in [5.41, 5.74) is 0.336. The summed E-state index contributed by atoms with van der Waals surface area (Å²) in [6, 6.07) is 11.9. The van der Waals surface area contributed by atoms with Crippen LogP contribution in [0, 0.1) is 5.82 Å². The zero-order valence-electron chi connectivity index (χ0n) is 10.8. The van der Waals surface area contributed by atoms with E-state index in [0.29, 0.717) is 5.69 Å². The first-order valence-corrected chi connectivity index (χ1v) is 7.81. The van der Waals surface area contributed by atoms with Gasteiger partial charge in [0.15, 0.2) is 0 Å². The predicted octanol–water partition coefficient (Wildman–Crippen LogP) is 3.69. The molecule has 2 aromatic carbocycles. The fourth-order valence-corrected chi connectivity index (χ4v) is 3.51. The lowest BCUT2D eigenvalue weighted by Crippen LogP contribution is -2.30. The lowest BCUT2D eigenvalue weighted by molar-refractivity contribution is 0.591. The van der Waals surface area contributed by atoms with Gasteiger partial charge in [-0.25, -0.2) is 12.8 Å². The van der Waals surface area contributed by atoms with Crippen molar-refractivity contribution >= 4 is 27.3 Å². The monoisotopic (exact) mass is 313 g/mol. The first-order valence-electron chi connectivity index (χ1n) is 5.99. The normalized spacial score (nSPS) is 11.3. The van der Waals surface area contributed by atoms with Crippen molar-refractivity contribution < 1.29 is 12.8 Å². The molecule has 2 rings (SSSR count). The number of hydrogen-bond acceptors (Lipinski definition) is 2. The van der Waals surface area contributed by atoms with Gasteiger partial charge in [0.1, 0.15) is 5.82 Å². The first kappa shape index (κ1) is 14.8. The van der Waals surface area contributed by atoms with E-state index in [1.54, 1.807) is 25.1 Å². The molecule has 0 saturated heterocycles. The topological polar surface area (TPSA) is 37.4 Å². The van der Waals surface area contributed by atoms with Crippen LogP contribution in [0.2, 0.25) is 5.02 Å². The van der Waals surface area contributed by atoms with Gasteiger partial charge >= 0.3 is 0 Å². The van der Waals surface area contributed by atoms with Crippen molar-refractivity contribution in [3.8, 4) is 0 Å². The molecule has 0 unspecified atom stereocenters. The SMILES string of the molecule is CCN(c1ccc(F)c(Cl)c1)S(=O)(=O)c1ccccc1. The maximum absolute atomic E-state index is 13.2. The summed E-state index contributed by atoms with van der Waals surface area (Å²) in [6.07, 6.45) is 0. The molecule has 106 valence electrons. The highest BCUT2D eigenvalue weighted by Crippen LogP contribution is 2.27. The van der Waals surface area contributed by atoms with E-state index in [0.717, 1.165) is 6.07 Å². The molecule has 6 heteroatoms. The number of rotatable bonds is 4. The highest BCUT2D eigenvalue weighted by atomic mass is 35.5. The van der Waals surface area contributed by atoms with Crippen LogP contribution in [-0.2, 0) is 10.0 Å². The molecular weight excluding hydrogens is 301 g/mol. The summed E-state index contributed by atoms with van der Waals surface area (Å²) in [6.45, 7) is 1.93. The van der Waals surface area contributed by atoms with E-state index in [9.17, 15) is 12.8 Å². The van der Waals surface area contributed by atoms with Crippen molar-refractivity contribution in [2.75, 3.05) is 10.8 Å². The van der Waals surface area contributed by atoms with Gasteiger partial charge < -0.3 is 0 Å². The second-order valence-corrected chi connectivity index (χ2v) is 6.35. The molecule has 0 amide bonds. The average molecular weight is 314 g/mol. The van der Waals surface area contributed by atoms with Gasteiger partial charge in [-0.3, -0.25) is 4.31 Å². The Labute approximate surface area is 122 Å². The van der Waals surface area contributed by atoms with Crippen LogP contribution in [0.15, 0.2) is 53.4 Å². The van der Waals surface area contributed by atoms with E-state index in [-0.39, 0.29) is 16.5 Å². The van der Waals surface area contributed by atoms with Gasteiger partial charge in [0.2, 0.25) is 0 Å². The summed E-state index contributed by atoms with van der Waals surface area (Å²) in [5, 5.41) is -0.107. The molecule has 20 heavy (non-hydrogen) atoms. The Morgan fingerprint density at radius 3 is 2.35 bits per heavy atom. The van der Waals surface area contributed by atoms with Crippen LogP contribution in [0.5, 0.6) is 0 Å². The van der Waals surface area contributed by atoms with Gasteiger partial charge in [-0.15, -0.1) is 0 Å². The van der Waals surface area contributed by atoms with Crippen molar-refractivity contribution in [1.29, 1.82) is 0 Å². The number of anilines is 1. The van der Waals surface area contributed by atoms with Crippen LogP contribution in [0.4, 0.5) is 10.1 Å². The Hall–Kier alpha value is -1.59. The van der Waals surface area contributed by atoms with E-state index in [1.165, 1.54) is 28.6 Å². The first-order chi connectivity index (χ1) is 9.46. The second-order valence-electron chi connectivity index (χ2n) is 4.08. The minimum atomic E-state index is -3.68. The quantitative estimate of drug-likeness (QED) is 0.863.